The molecule has 0 saturated heterocycles. The number of hydrogen-bond donors (Lipinski definition) is 1. The molecule has 0 amide bonds. The molecule has 2 rings (SSSR count). The first-order valence-electron chi connectivity index (χ1n) is 4.69. The van der Waals surface area contributed by atoms with Gasteiger partial charge in [-0.05, 0) is 23.6 Å². The van der Waals surface area contributed by atoms with Gasteiger partial charge in [-0.15, -0.1) is 22.7 Å². The Labute approximate surface area is 111 Å². The first-order chi connectivity index (χ1) is 8.09. The van der Waals surface area contributed by atoms with E-state index in [-0.39, 0.29) is 0 Å². The quantitative estimate of drug-likeness (QED) is 0.884. The van der Waals surface area contributed by atoms with Crippen molar-refractivity contribution in [3.8, 4) is 0 Å². The van der Waals surface area contributed by atoms with Crippen LogP contribution in [-0.2, 0) is 15.1 Å². The Kier molecular flexibility index (Phi) is 3.53. The van der Waals surface area contributed by atoms with Crippen LogP contribution in [0.15, 0.2) is 29.6 Å². The van der Waals surface area contributed by atoms with Crippen LogP contribution in [0.3, 0.4) is 0 Å². The van der Waals surface area contributed by atoms with Crippen LogP contribution in [-0.4, -0.2) is 18.2 Å². The molecule has 0 aliphatic heterocycles. The van der Waals surface area contributed by atoms with E-state index in [0.29, 0.717) is 14.1 Å². The average Bonchev–Trinajstić information content (AvgIpc) is 2.97. The van der Waals surface area contributed by atoms with Gasteiger partial charge < -0.3 is 9.84 Å². The van der Waals surface area contributed by atoms with E-state index in [2.05, 4.69) is 4.74 Å². The lowest BCUT2D eigenvalue weighted by Gasteiger charge is -2.22. The van der Waals surface area contributed by atoms with Crippen LogP contribution in [0.2, 0.25) is 4.34 Å². The Bertz CT molecular complexity index is 521. The van der Waals surface area contributed by atoms with Crippen LogP contribution >= 0.6 is 34.3 Å². The summed E-state index contributed by atoms with van der Waals surface area (Å²) in [4.78, 5) is 12.8. The van der Waals surface area contributed by atoms with Crippen LogP contribution in [0.1, 0.15) is 9.75 Å². The number of halogens is 1. The van der Waals surface area contributed by atoms with Crippen molar-refractivity contribution in [2.75, 3.05) is 7.11 Å². The Morgan fingerprint density at radius 2 is 2.18 bits per heavy atom. The largest absolute Gasteiger partial charge is 0.466 e. The minimum absolute atomic E-state index is 0.455. The highest BCUT2D eigenvalue weighted by molar-refractivity contribution is 7.16. The summed E-state index contributed by atoms with van der Waals surface area (Å²) in [5.41, 5.74) is -1.76. The van der Waals surface area contributed by atoms with Crippen molar-refractivity contribution in [1.29, 1.82) is 0 Å². The maximum absolute atomic E-state index is 11.8. The highest BCUT2D eigenvalue weighted by Gasteiger charge is 2.43. The summed E-state index contributed by atoms with van der Waals surface area (Å²) in [6.45, 7) is 0. The van der Waals surface area contributed by atoms with Gasteiger partial charge in [0.1, 0.15) is 0 Å². The molecule has 0 spiro atoms. The molecule has 90 valence electrons. The van der Waals surface area contributed by atoms with E-state index in [4.69, 9.17) is 11.6 Å². The summed E-state index contributed by atoms with van der Waals surface area (Å²) in [6.07, 6.45) is 0. The fraction of sp³-hybridized carbons (Fsp3) is 0.182. The molecule has 0 aromatic carbocycles. The second kappa shape index (κ2) is 4.78. The smallest absolute Gasteiger partial charge is 0.349 e. The Morgan fingerprint density at radius 3 is 2.65 bits per heavy atom. The fourth-order valence-electron chi connectivity index (χ4n) is 1.46. The van der Waals surface area contributed by atoms with E-state index in [0.717, 1.165) is 11.3 Å². The van der Waals surface area contributed by atoms with Gasteiger partial charge in [0.25, 0.3) is 0 Å². The third-order valence-corrected chi connectivity index (χ3v) is 4.61. The topological polar surface area (TPSA) is 46.5 Å². The van der Waals surface area contributed by atoms with E-state index < -0.39 is 11.6 Å². The molecule has 2 aromatic heterocycles. The van der Waals surface area contributed by atoms with Crippen molar-refractivity contribution >= 4 is 40.2 Å². The fourth-order valence-corrected chi connectivity index (χ4v) is 3.49. The van der Waals surface area contributed by atoms with E-state index in [1.807, 2.05) is 0 Å². The van der Waals surface area contributed by atoms with E-state index >= 15 is 0 Å². The Balaban J connectivity index is 2.55. The first-order valence-corrected chi connectivity index (χ1v) is 6.77. The number of thiophene rings is 2. The zero-order valence-corrected chi connectivity index (χ0v) is 11.2. The second-order valence-corrected chi connectivity index (χ2v) is 5.95. The zero-order valence-electron chi connectivity index (χ0n) is 8.84. The molecule has 0 saturated carbocycles. The van der Waals surface area contributed by atoms with Gasteiger partial charge in [-0.2, -0.15) is 0 Å². The number of methoxy groups -OCH3 is 1. The van der Waals surface area contributed by atoms with Gasteiger partial charge in [0.05, 0.1) is 21.2 Å². The number of ether oxygens (including phenoxy) is 1. The number of carbonyl (C=O) groups is 1. The maximum Gasteiger partial charge on any atom is 0.349 e. The van der Waals surface area contributed by atoms with E-state index in [9.17, 15) is 9.90 Å². The molecule has 0 aliphatic carbocycles. The highest BCUT2D eigenvalue weighted by atomic mass is 35.5. The summed E-state index contributed by atoms with van der Waals surface area (Å²) in [6, 6.07) is 6.73. The van der Waals surface area contributed by atoms with Gasteiger partial charge in [-0.3, -0.25) is 0 Å². The number of esters is 1. The minimum Gasteiger partial charge on any atom is -0.466 e. The molecule has 6 heteroatoms. The summed E-state index contributed by atoms with van der Waals surface area (Å²) >= 11 is 8.28. The molecular formula is C11H9ClO3S2. The Morgan fingerprint density at radius 1 is 1.41 bits per heavy atom. The van der Waals surface area contributed by atoms with Crippen molar-refractivity contribution in [1.82, 2.24) is 0 Å². The van der Waals surface area contributed by atoms with Gasteiger partial charge in [0.15, 0.2) is 0 Å². The van der Waals surface area contributed by atoms with Gasteiger partial charge in [0, 0.05) is 0 Å². The zero-order chi connectivity index (χ0) is 12.5. The molecule has 17 heavy (non-hydrogen) atoms. The Hall–Kier alpha value is -0.880. The molecule has 0 fully saturated rings. The first kappa shape index (κ1) is 12.6. The van der Waals surface area contributed by atoms with Crippen LogP contribution in [0.5, 0.6) is 0 Å². The molecule has 1 N–H and O–H groups in total. The van der Waals surface area contributed by atoms with Gasteiger partial charge in [0.2, 0.25) is 5.60 Å². The number of carbonyl (C=O) groups excluding carboxylic acids is 1. The lowest BCUT2D eigenvalue weighted by molar-refractivity contribution is -0.158. The molecule has 2 aromatic rings. The van der Waals surface area contributed by atoms with Crippen molar-refractivity contribution in [2.24, 2.45) is 0 Å². The maximum atomic E-state index is 11.8. The number of rotatable bonds is 3. The molecule has 0 bridgehead atoms. The van der Waals surface area contributed by atoms with Crippen molar-refractivity contribution in [3.05, 3.63) is 43.7 Å². The minimum atomic E-state index is -1.76. The summed E-state index contributed by atoms with van der Waals surface area (Å²) < 4.78 is 5.20. The van der Waals surface area contributed by atoms with Crippen LogP contribution in [0, 0.1) is 0 Å². The molecule has 3 nitrogen and oxygen atoms in total. The third kappa shape index (κ3) is 2.11. The van der Waals surface area contributed by atoms with Crippen LogP contribution < -0.4 is 0 Å². The standard InChI is InChI=1S/C11H9ClO3S2/c1-15-10(13)11(14,7-3-2-6-16-7)8-4-5-9(12)17-8/h2-6,14H,1H3. The lowest BCUT2D eigenvalue weighted by atomic mass is 10.0. The summed E-state index contributed by atoms with van der Waals surface area (Å²) in [5.74, 6) is -0.710. The lowest BCUT2D eigenvalue weighted by Crippen LogP contribution is -2.36. The predicted molar refractivity (Wildman–Crippen MR) is 68.7 cm³/mol. The molecule has 0 aliphatic rings. The van der Waals surface area contributed by atoms with E-state index in [1.165, 1.54) is 18.4 Å². The number of aliphatic hydroxyl groups is 1. The van der Waals surface area contributed by atoms with Gasteiger partial charge in [-0.1, -0.05) is 17.7 Å². The molecule has 1 atom stereocenters. The normalized spacial score (nSPS) is 14.3. The third-order valence-electron chi connectivity index (χ3n) is 2.29. The SMILES string of the molecule is COC(=O)C(O)(c1cccs1)c1ccc(Cl)s1. The van der Waals surface area contributed by atoms with Gasteiger partial charge in [-0.25, -0.2) is 4.79 Å². The number of hydrogen-bond acceptors (Lipinski definition) is 5. The predicted octanol–water partition coefficient (Wildman–Crippen LogP) is 2.87. The average molecular weight is 289 g/mol. The molecular weight excluding hydrogens is 280 g/mol. The van der Waals surface area contributed by atoms with Crippen LogP contribution in [0.4, 0.5) is 0 Å². The second-order valence-electron chi connectivity index (χ2n) is 3.28. The van der Waals surface area contributed by atoms with E-state index in [1.54, 1.807) is 29.6 Å². The molecule has 0 radical (unpaired) electrons. The highest BCUT2D eigenvalue weighted by Crippen LogP contribution is 2.38. The summed E-state index contributed by atoms with van der Waals surface area (Å²) in [5, 5.41) is 12.4. The summed E-state index contributed by atoms with van der Waals surface area (Å²) in [7, 11) is 1.25. The monoisotopic (exact) mass is 288 g/mol. The van der Waals surface area contributed by atoms with Crippen LogP contribution in [0.25, 0.3) is 0 Å². The van der Waals surface area contributed by atoms with Gasteiger partial charge >= 0.3 is 5.97 Å². The van der Waals surface area contributed by atoms with Crippen molar-refractivity contribution < 1.29 is 14.6 Å². The van der Waals surface area contributed by atoms with Crippen molar-refractivity contribution in [2.45, 2.75) is 5.60 Å². The molecule has 2 heterocycles. The molecule has 1 unspecified atom stereocenters. The van der Waals surface area contributed by atoms with Crippen molar-refractivity contribution in [3.63, 3.8) is 0 Å².